The Hall–Kier alpha value is -2.85. The maximum atomic E-state index is 12.2. The Bertz CT molecular complexity index is 1040. The van der Waals surface area contributed by atoms with Gasteiger partial charge in [-0.2, -0.15) is 5.10 Å². The Labute approximate surface area is 198 Å². The van der Waals surface area contributed by atoms with Crippen LogP contribution in [0.5, 0.6) is 5.75 Å². The number of carbonyl (C=O) groups excluding carboxylic acids is 1. The lowest BCUT2D eigenvalue weighted by Crippen LogP contribution is -2.31. The van der Waals surface area contributed by atoms with Gasteiger partial charge in [-0.25, -0.2) is 14.6 Å². The number of amides is 1. The molecule has 0 aliphatic carbocycles. The van der Waals surface area contributed by atoms with Gasteiger partial charge in [0.05, 0.1) is 24.7 Å². The highest BCUT2D eigenvalue weighted by molar-refractivity contribution is 7.98. The van der Waals surface area contributed by atoms with Gasteiger partial charge in [0.25, 0.3) is 5.91 Å². The van der Waals surface area contributed by atoms with Crippen molar-refractivity contribution >= 4 is 34.5 Å². The Kier molecular flexibility index (Phi) is 9.32. The molecule has 0 atom stereocenters. The maximum absolute atomic E-state index is 12.2. The lowest BCUT2D eigenvalue weighted by molar-refractivity contribution is -0.123. The van der Waals surface area contributed by atoms with Gasteiger partial charge in [0, 0.05) is 19.7 Å². The minimum absolute atomic E-state index is 0.0342. The Balaban J connectivity index is 1.53. The summed E-state index contributed by atoms with van der Waals surface area (Å²) >= 11 is 1.47. The summed E-state index contributed by atoms with van der Waals surface area (Å²) in [4.78, 5) is 21.3. The number of fused-ring (bicyclic) bond motifs is 1. The zero-order valence-electron chi connectivity index (χ0n) is 19.6. The van der Waals surface area contributed by atoms with Crippen LogP contribution in [0, 0.1) is 0 Å². The Morgan fingerprint density at radius 1 is 1.18 bits per heavy atom. The number of hydrogen-bond donors (Lipinski definition) is 2. The van der Waals surface area contributed by atoms with Crippen LogP contribution < -0.4 is 15.4 Å². The summed E-state index contributed by atoms with van der Waals surface area (Å²) in [5.41, 5.74) is 1.96. The second kappa shape index (κ2) is 12.4. The van der Waals surface area contributed by atoms with Crippen molar-refractivity contribution in [2.24, 2.45) is 0 Å². The van der Waals surface area contributed by atoms with Crippen LogP contribution >= 0.6 is 11.8 Å². The average Bonchev–Trinajstić information content (AvgIpc) is 3.23. The number of hydrogen-bond acceptors (Lipinski definition) is 8. The summed E-state index contributed by atoms with van der Waals surface area (Å²) in [6, 6.07) is 7.82. The third kappa shape index (κ3) is 7.06. The molecule has 0 saturated carbocycles. The van der Waals surface area contributed by atoms with Gasteiger partial charge in [0.2, 0.25) is 0 Å². The lowest BCUT2D eigenvalue weighted by atomic mass is 10.0. The monoisotopic (exact) mass is 472 g/mol. The van der Waals surface area contributed by atoms with E-state index in [0.717, 1.165) is 16.9 Å². The lowest BCUT2D eigenvalue weighted by Gasteiger charge is -2.10. The van der Waals surface area contributed by atoms with E-state index >= 15 is 0 Å². The molecule has 2 N–H and O–H groups in total. The van der Waals surface area contributed by atoms with Gasteiger partial charge in [-0.05, 0) is 36.8 Å². The number of anilines is 1. The summed E-state index contributed by atoms with van der Waals surface area (Å²) in [7, 11) is 0. The minimum atomic E-state index is -0.183. The first-order chi connectivity index (χ1) is 16.0. The molecule has 0 aliphatic rings. The smallest absolute Gasteiger partial charge is 0.258 e. The fraction of sp³-hybridized carbons (Fsp3) is 0.478. The van der Waals surface area contributed by atoms with E-state index in [1.54, 1.807) is 10.9 Å². The molecule has 0 saturated heterocycles. The second-order valence-corrected chi connectivity index (χ2v) is 8.42. The van der Waals surface area contributed by atoms with Crippen LogP contribution in [0.1, 0.15) is 32.3 Å². The summed E-state index contributed by atoms with van der Waals surface area (Å²) in [6.07, 6.45) is 3.68. The highest BCUT2D eigenvalue weighted by atomic mass is 32.2. The zero-order valence-corrected chi connectivity index (χ0v) is 20.4. The van der Waals surface area contributed by atoms with Crippen molar-refractivity contribution in [3.8, 4) is 5.75 Å². The van der Waals surface area contributed by atoms with Gasteiger partial charge in [-0.1, -0.05) is 37.7 Å². The quantitative estimate of drug-likeness (QED) is 0.222. The van der Waals surface area contributed by atoms with Gasteiger partial charge >= 0.3 is 0 Å². The number of nitrogens with one attached hydrogen (secondary N) is 2. The highest BCUT2D eigenvalue weighted by Gasteiger charge is 2.13. The van der Waals surface area contributed by atoms with Crippen molar-refractivity contribution in [1.82, 2.24) is 25.1 Å². The molecule has 0 radical (unpaired) electrons. The molecule has 3 rings (SSSR count). The molecule has 10 heteroatoms. The summed E-state index contributed by atoms with van der Waals surface area (Å²) in [5, 5.41) is 12.1. The fourth-order valence-corrected chi connectivity index (χ4v) is 3.52. The third-order valence-electron chi connectivity index (χ3n) is 4.96. The first-order valence-corrected chi connectivity index (χ1v) is 12.3. The average molecular weight is 473 g/mol. The normalized spacial score (nSPS) is 11.2. The number of aromatic nitrogens is 4. The highest BCUT2D eigenvalue weighted by Crippen LogP contribution is 2.23. The SMILES string of the molecule is CCOCCNc1nc(SC)nc2c1cnn2CCNC(=O)COc1ccc(C(C)C)cc1. The first kappa shape index (κ1) is 24.8. The number of carbonyl (C=O) groups is 1. The molecule has 0 spiro atoms. The van der Waals surface area contributed by atoms with Gasteiger partial charge < -0.3 is 20.1 Å². The number of nitrogens with zero attached hydrogens (tertiary/aromatic N) is 4. The van der Waals surface area contributed by atoms with E-state index in [1.807, 2.05) is 37.4 Å². The van der Waals surface area contributed by atoms with E-state index in [4.69, 9.17) is 9.47 Å². The molecular weight excluding hydrogens is 440 g/mol. The number of rotatable bonds is 13. The van der Waals surface area contributed by atoms with Gasteiger partial charge in [-0.15, -0.1) is 0 Å². The van der Waals surface area contributed by atoms with E-state index in [0.29, 0.717) is 49.7 Å². The summed E-state index contributed by atoms with van der Waals surface area (Å²) in [5.74, 6) is 1.69. The van der Waals surface area contributed by atoms with Crippen LogP contribution in [-0.2, 0) is 16.1 Å². The van der Waals surface area contributed by atoms with Gasteiger partial charge in [0.15, 0.2) is 17.4 Å². The van der Waals surface area contributed by atoms with Crippen LogP contribution in [0.2, 0.25) is 0 Å². The molecule has 1 amide bonds. The van der Waals surface area contributed by atoms with Crippen molar-refractivity contribution in [3.05, 3.63) is 36.0 Å². The van der Waals surface area contributed by atoms with Crippen molar-refractivity contribution in [2.75, 3.05) is 44.5 Å². The van der Waals surface area contributed by atoms with E-state index in [1.165, 1.54) is 17.3 Å². The molecule has 1 aromatic carbocycles. The van der Waals surface area contributed by atoms with Crippen molar-refractivity contribution in [3.63, 3.8) is 0 Å². The van der Waals surface area contributed by atoms with E-state index < -0.39 is 0 Å². The minimum Gasteiger partial charge on any atom is -0.484 e. The standard InChI is InChI=1S/C23H32N6O3S/c1-5-31-13-11-25-21-19-14-26-29(22(19)28-23(27-21)33-4)12-10-24-20(30)15-32-18-8-6-17(7-9-18)16(2)3/h6-9,14,16H,5,10-13,15H2,1-4H3,(H,24,30)(H,25,27,28). The predicted molar refractivity (Wildman–Crippen MR) is 131 cm³/mol. The largest absolute Gasteiger partial charge is 0.484 e. The molecule has 2 aromatic heterocycles. The van der Waals surface area contributed by atoms with Crippen LogP contribution in [0.25, 0.3) is 11.0 Å². The summed E-state index contributed by atoms with van der Waals surface area (Å²) in [6.45, 7) is 9.03. The molecule has 33 heavy (non-hydrogen) atoms. The molecule has 0 bridgehead atoms. The molecule has 0 aliphatic heterocycles. The van der Waals surface area contributed by atoms with Gasteiger partial charge in [-0.3, -0.25) is 4.79 Å². The van der Waals surface area contributed by atoms with Crippen LogP contribution in [0.15, 0.2) is 35.6 Å². The molecule has 178 valence electrons. The molecule has 0 fully saturated rings. The number of ether oxygens (including phenoxy) is 2. The first-order valence-electron chi connectivity index (χ1n) is 11.1. The Morgan fingerprint density at radius 3 is 2.67 bits per heavy atom. The Morgan fingerprint density at radius 2 is 1.97 bits per heavy atom. The van der Waals surface area contributed by atoms with E-state index in [-0.39, 0.29) is 12.5 Å². The van der Waals surface area contributed by atoms with Crippen molar-refractivity contribution < 1.29 is 14.3 Å². The summed E-state index contributed by atoms with van der Waals surface area (Å²) < 4.78 is 12.7. The van der Waals surface area contributed by atoms with Crippen LogP contribution in [0.4, 0.5) is 5.82 Å². The topological polar surface area (TPSA) is 103 Å². The van der Waals surface area contributed by atoms with Crippen molar-refractivity contribution in [1.29, 1.82) is 0 Å². The molecule has 0 unspecified atom stereocenters. The second-order valence-electron chi connectivity index (χ2n) is 7.65. The van der Waals surface area contributed by atoms with Crippen LogP contribution in [-0.4, -0.2) is 64.8 Å². The fourth-order valence-electron chi connectivity index (χ4n) is 3.16. The van der Waals surface area contributed by atoms with Gasteiger partial charge in [0.1, 0.15) is 11.6 Å². The predicted octanol–water partition coefficient (Wildman–Crippen LogP) is 3.32. The van der Waals surface area contributed by atoms with E-state index in [2.05, 4.69) is 39.5 Å². The van der Waals surface area contributed by atoms with Crippen LogP contribution in [0.3, 0.4) is 0 Å². The van der Waals surface area contributed by atoms with E-state index in [9.17, 15) is 4.79 Å². The van der Waals surface area contributed by atoms with Crippen molar-refractivity contribution in [2.45, 2.75) is 38.4 Å². The maximum Gasteiger partial charge on any atom is 0.258 e. The number of thioether (sulfide) groups is 1. The molecule has 2 heterocycles. The molecule has 3 aromatic rings. The zero-order chi connectivity index (χ0) is 23.6. The molecule has 9 nitrogen and oxygen atoms in total. The number of benzene rings is 1. The third-order valence-corrected chi connectivity index (χ3v) is 5.51. The molecular formula is C23H32N6O3S.